The van der Waals surface area contributed by atoms with Gasteiger partial charge in [0.2, 0.25) is 11.8 Å². The summed E-state index contributed by atoms with van der Waals surface area (Å²) in [5.41, 5.74) is -0.363. The maximum Gasteiger partial charge on any atom is 0.225 e. The topological polar surface area (TPSA) is 70.2 Å². The van der Waals surface area contributed by atoms with Crippen LogP contribution < -0.4 is 16.0 Å². The van der Waals surface area contributed by atoms with Crippen molar-refractivity contribution in [3.05, 3.63) is 0 Å². The van der Waals surface area contributed by atoms with Gasteiger partial charge in [0.1, 0.15) is 0 Å². The van der Waals surface area contributed by atoms with Crippen LogP contribution in [0.15, 0.2) is 0 Å². The van der Waals surface area contributed by atoms with E-state index in [1.165, 1.54) is 0 Å². The smallest absolute Gasteiger partial charge is 0.225 e. The highest BCUT2D eigenvalue weighted by molar-refractivity contribution is 5.85. The number of halogens is 1. The number of hydrogen-bond donors (Lipinski definition) is 3. The summed E-state index contributed by atoms with van der Waals surface area (Å²) in [6, 6.07) is 0.279. The van der Waals surface area contributed by atoms with Crippen LogP contribution in [-0.4, -0.2) is 37.5 Å². The molecule has 1 unspecified atom stereocenters. The van der Waals surface area contributed by atoms with E-state index in [1.807, 2.05) is 20.8 Å². The molecule has 0 radical (unpaired) electrons. The summed E-state index contributed by atoms with van der Waals surface area (Å²) >= 11 is 0. The molecule has 0 spiro atoms. The van der Waals surface area contributed by atoms with Gasteiger partial charge in [-0.3, -0.25) is 9.59 Å². The number of nitrogens with one attached hydrogen (secondary N) is 3. The van der Waals surface area contributed by atoms with Gasteiger partial charge >= 0.3 is 0 Å². The van der Waals surface area contributed by atoms with Gasteiger partial charge < -0.3 is 16.0 Å². The minimum Gasteiger partial charge on any atom is -0.356 e. The van der Waals surface area contributed by atoms with E-state index in [0.717, 1.165) is 19.5 Å². The highest BCUT2D eigenvalue weighted by atomic mass is 35.5. The zero-order valence-electron chi connectivity index (χ0n) is 12.0. The Morgan fingerprint density at radius 2 is 2.00 bits per heavy atom. The zero-order chi connectivity index (χ0) is 13.6. The first-order chi connectivity index (χ1) is 8.39. The highest BCUT2D eigenvalue weighted by Gasteiger charge is 2.20. The molecule has 1 rings (SSSR count). The fourth-order valence-electron chi connectivity index (χ4n) is 1.79. The predicted octanol–water partition coefficient (Wildman–Crippen LogP) is 0.829. The predicted molar refractivity (Wildman–Crippen MR) is 78.4 cm³/mol. The Balaban J connectivity index is 0.00000324. The Morgan fingerprint density at radius 1 is 1.32 bits per heavy atom. The Morgan fingerprint density at radius 3 is 2.53 bits per heavy atom. The van der Waals surface area contributed by atoms with Crippen LogP contribution in [0.4, 0.5) is 0 Å². The quantitative estimate of drug-likeness (QED) is 0.657. The molecule has 1 heterocycles. The van der Waals surface area contributed by atoms with Crippen molar-refractivity contribution in [2.24, 2.45) is 5.41 Å². The normalized spacial score (nSPS) is 18.6. The van der Waals surface area contributed by atoms with Gasteiger partial charge in [0.15, 0.2) is 0 Å². The first-order valence-electron chi connectivity index (χ1n) is 6.68. The molecule has 19 heavy (non-hydrogen) atoms. The highest BCUT2D eigenvalue weighted by Crippen LogP contribution is 2.12. The molecule has 0 aliphatic carbocycles. The van der Waals surface area contributed by atoms with Crippen molar-refractivity contribution in [2.45, 2.75) is 46.1 Å². The summed E-state index contributed by atoms with van der Waals surface area (Å²) in [4.78, 5) is 23.2. The molecular weight excluding hydrogens is 266 g/mol. The van der Waals surface area contributed by atoms with Crippen molar-refractivity contribution in [1.82, 2.24) is 16.0 Å². The number of hydrogen-bond acceptors (Lipinski definition) is 3. The maximum absolute atomic E-state index is 11.6. The van der Waals surface area contributed by atoms with E-state index in [9.17, 15) is 9.59 Å². The van der Waals surface area contributed by atoms with Crippen molar-refractivity contribution in [3.63, 3.8) is 0 Å². The number of amides is 2. The second kappa shape index (κ2) is 8.38. The molecule has 0 saturated carbocycles. The molecule has 1 aliphatic rings. The largest absolute Gasteiger partial charge is 0.356 e. The van der Waals surface area contributed by atoms with Crippen LogP contribution in [0.5, 0.6) is 0 Å². The van der Waals surface area contributed by atoms with E-state index in [4.69, 9.17) is 0 Å². The number of carbonyl (C=O) groups is 2. The van der Waals surface area contributed by atoms with Gasteiger partial charge in [-0.1, -0.05) is 20.8 Å². The van der Waals surface area contributed by atoms with Crippen LogP contribution in [0, 0.1) is 5.41 Å². The molecule has 1 atom stereocenters. The molecule has 0 aromatic carbocycles. The molecule has 112 valence electrons. The Hall–Kier alpha value is -0.810. The molecule has 6 heteroatoms. The molecule has 0 bridgehead atoms. The lowest BCUT2D eigenvalue weighted by Gasteiger charge is -2.17. The van der Waals surface area contributed by atoms with Crippen molar-refractivity contribution >= 4 is 24.2 Å². The molecule has 1 aliphatic heterocycles. The third-order valence-electron chi connectivity index (χ3n) is 2.97. The standard InChI is InChI=1S/C13H25N3O2.ClH/c1-13(2,3)12(18)15-7-4-5-11(17)16-10-6-8-14-9-10;/h10,14H,4-9H2,1-3H3,(H,15,18)(H,16,17);1H. The van der Waals surface area contributed by atoms with Crippen LogP contribution in [0.2, 0.25) is 0 Å². The Kier molecular flexibility index (Phi) is 8.02. The monoisotopic (exact) mass is 291 g/mol. The van der Waals surface area contributed by atoms with Gasteiger partial charge in [-0.25, -0.2) is 0 Å². The summed E-state index contributed by atoms with van der Waals surface area (Å²) in [5.74, 6) is 0.108. The van der Waals surface area contributed by atoms with Gasteiger partial charge in [0, 0.05) is 31.0 Å². The van der Waals surface area contributed by atoms with Crippen LogP contribution in [0.1, 0.15) is 40.0 Å². The van der Waals surface area contributed by atoms with Crippen LogP contribution in [0.3, 0.4) is 0 Å². The van der Waals surface area contributed by atoms with E-state index in [2.05, 4.69) is 16.0 Å². The lowest BCUT2D eigenvalue weighted by atomic mass is 9.96. The van der Waals surface area contributed by atoms with E-state index in [0.29, 0.717) is 19.4 Å². The molecule has 0 aromatic rings. The molecular formula is C13H26ClN3O2. The summed E-state index contributed by atoms with van der Waals surface area (Å²) in [7, 11) is 0. The zero-order valence-corrected chi connectivity index (χ0v) is 12.9. The summed E-state index contributed by atoms with van der Waals surface area (Å²) in [6.07, 6.45) is 2.17. The third kappa shape index (κ3) is 7.38. The number of rotatable bonds is 5. The average molecular weight is 292 g/mol. The molecule has 5 nitrogen and oxygen atoms in total. The van der Waals surface area contributed by atoms with E-state index in [1.54, 1.807) is 0 Å². The second-order valence-corrected chi connectivity index (χ2v) is 5.87. The lowest BCUT2D eigenvalue weighted by molar-refractivity contribution is -0.128. The van der Waals surface area contributed by atoms with Crippen molar-refractivity contribution < 1.29 is 9.59 Å². The van der Waals surface area contributed by atoms with Gasteiger partial charge in [-0.15, -0.1) is 12.4 Å². The Labute approximate surface area is 121 Å². The fourth-order valence-corrected chi connectivity index (χ4v) is 1.79. The maximum atomic E-state index is 11.6. The van der Waals surface area contributed by atoms with Crippen molar-refractivity contribution in [1.29, 1.82) is 0 Å². The third-order valence-corrected chi connectivity index (χ3v) is 2.97. The van der Waals surface area contributed by atoms with Crippen LogP contribution >= 0.6 is 12.4 Å². The first-order valence-corrected chi connectivity index (χ1v) is 6.68. The van der Waals surface area contributed by atoms with Crippen molar-refractivity contribution in [3.8, 4) is 0 Å². The summed E-state index contributed by atoms with van der Waals surface area (Å²) in [5, 5.41) is 9.03. The van der Waals surface area contributed by atoms with E-state index < -0.39 is 0 Å². The minimum atomic E-state index is -0.363. The second-order valence-electron chi connectivity index (χ2n) is 5.87. The van der Waals surface area contributed by atoms with Gasteiger partial charge in [-0.2, -0.15) is 0 Å². The van der Waals surface area contributed by atoms with E-state index >= 15 is 0 Å². The van der Waals surface area contributed by atoms with Gasteiger partial charge in [0.05, 0.1) is 0 Å². The van der Waals surface area contributed by atoms with Crippen molar-refractivity contribution in [2.75, 3.05) is 19.6 Å². The van der Waals surface area contributed by atoms with Crippen LogP contribution in [0.25, 0.3) is 0 Å². The molecule has 0 aromatic heterocycles. The SMILES string of the molecule is CC(C)(C)C(=O)NCCCC(=O)NC1CCNC1.Cl. The van der Waals surface area contributed by atoms with E-state index in [-0.39, 0.29) is 35.7 Å². The molecule has 2 amide bonds. The fraction of sp³-hybridized carbons (Fsp3) is 0.846. The summed E-state index contributed by atoms with van der Waals surface area (Å²) < 4.78 is 0. The number of carbonyl (C=O) groups excluding carboxylic acids is 2. The molecule has 3 N–H and O–H groups in total. The Bertz CT molecular complexity index is 297. The van der Waals surface area contributed by atoms with Gasteiger partial charge in [-0.05, 0) is 19.4 Å². The average Bonchev–Trinajstić information content (AvgIpc) is 2.75. The van der Waals surface area contributed by atoms with Crippen LogP contribution in [-0.2, 0) is 9.59 Å². The summed E-state index contributed by atoms with van der Waals surface area (Å²) in [6.45, 7) is 8.04. The molecule has 1 fully saturated rings. The first kappa shape index (κ1) is 18.2. The lowest BCUT2D eigenvalue weighted by Crippen LogP contribution is -2.37. The molecule has 1 saturated heterocycles. The van der Waals surface area contributed by atoms with Gasteiger partial charge in [0.25, 0.3) is 0 Å². The minimum absolute atomic E-state index is 0.